The topological polar surface area (TPSA) is 94.9 Å². The molecule has 0 saturated carbocycles. The average molecular weight is 235 g/mol. The number of benzene rings is 1. The van der Waals surface area contributed by atoms with Gasteiger partial charge in [0.1, 0.15) is 5.75 Å². The third-order valence-electron chi connectivity index (χ3n) is 2.50. The minimum Gasteiger partial charge on any atom is -0.508 e. The van der Waals surface area contributed by atoms with E-state index in [1.54, 1.807) is 0 Å². The van der Waals surface area contributed by atoms with Crippen LogP contribution in [0.4, 0.5) is 5.69 Å². The van der Waals surface area contributed by atoms with Crippen molar-refractivity contribution in [2.45, 2.75) is 6.42 Å². The van der Waals surface area contributed by atoms with Gasteiger partial charge in [-0.15, -0.1) is 0 Å². The van der Waals surface area contributed by atoms with Crippen molar-refractivity contribution in [3.8, 4) is 5.75 Å². The Hall–Kier alpha value is -2.37. The predicted octanol–water partition coefficient (Wildman–Crippen LogP) is 0.396. The van der Waals surface area contributed by atoms with Crippen LogP contribution in [0.3, 0.4) is 0 Å². The predicted molar refractivity (Wildman–Crippen MR) is 57.0 cm³/mol. The van der Waals surface area contributed by atoms with Crippen LogP contribution in [0.15, 0.2) is 18.2 Å². The number of hydrogen-bond donors (Lipinski definition) is 2. The Morgan fingerprint density at radius 1 is 1.29 bits per heavy atom. The van der Waals surface area contributed by atoms with Crippen LogP contribution in [-0.4, -0.2) is 34.4 Å². The molecule has 0 aromatic heterocycles. The fourth-order valence-corrected chi connectivity index (χ4v) is 1.72. The second-order valence-corrected chi connectivity index (χ2v) is 3.63. The summed E-state index contributed by atoms with van der Waals surface area (Å²) in [4.78, 5) is 34.7. The van der Waals surface area contributed by atoms with Crippen molar-refractivity contribution in [2.24, 2.45) is 0 Å². The van der Waals surface area contributed by atoms with Gasteiger partial charge in [0.15, 0.2) is 0 Å². The maximum Gasteiger partial charge on any atom is 0.305 e. The number of nitrogens with zero attached hydrogens (tertiary/aromatic N) is 1. The van der Waals surface area contributed by atoms with Crippen molar-refractivity contribution in [2.75, 3.05) is 11.4 Å². The zero-order valence-corrected chi connectivity index (χ0v) is 8.71. The number of ketones is 1. The van der Waals surface area contributed by atoms with E-state index in [9.17, 15) is 19.5 Å². The molecule has 1 amide bonds. The first kappa shape index (κ1) is 11.1. The third-order valence-corrected chi connectivity index (χ3v) is 2.50. The summed E-state index contributed by atoms with van der Waals surface area (Å²) in [6.07, 6.45) is -0.237. The number of Topliss-reactive ketones (excluding diaryl/α,β-unsaturated/α-hetero) is 1. The minimum absolute atomic E-state index is 0.0579. The maximum atomic E-state index is 11.6. The Morgan fingerprint density at radius 2 is 2.00 bits per heavy atom. The Bertz CT molecular complexity index is 523. The molecule has 1 aromatic rings. The number of carbonyl (C=O) groups is 3. The number of hydrogen-bond acceptors (Lipinski definition) is 4. The lowest BCUT2D eigenvalue weighted by Crippen LogP contribution is -2.31. The molecule has 1 heterocycles. The molecular formula is C11H9NO5. The van der Waals surface area contributed by atoms with Crippen molar-refractivity contribution in [3.63, 3.8) is 0 Å². The second-order valence-electron chi connectivity index (χ2n) is 3.63. The van der Waals surface area contributed by atoms with E-state index in [2.05, 4.69) is 0 Å². The summed E-state index contributed by atoms with van der Waals surface area (Å²) in [5.74, 6) is -2.63. The first-order valence-electron chi connectivity index (χ1n) is 4.91. The summed E-state index contributed by atoms with van der Waals surface area (Å²) in [6, 6.07) is 3.98. The van der Waals surface area contributed by atoms with Crippen molar-refractivity contribution in [1.29, 1.82) is 0 Å². The van der Waals surface area contributed by atoms with Gasteiger partial charge in [0.05, 0.1) is 17.7 Å². The van der Waals surface area contributed by atoms with Crippen molar-refractivity contribution < 1.29 is 24.6 Å². The molecule has 0 aliphatic carbocycles. The molecule has 88 valence electrons. The number of amides is 1. The summed E-state index contributed by atoms with van der Waals surface area (Å²) >= 11 is 0. The largest absolute Gasteiger partial charge is 0.508 e. The van der Waals surface area contributed by atoms with Crippen LogP contribution >= 0.6 is 0 Å². The van der Waals surface area contributed by atoms with E-state index in [-0.39, 0.29) is 24.3 Å². The van der Waals surface area contributed by atoms with E-state index in [4.69, 9.17) is 5.11 Å². The van der Waals surface area contributed by atoms with Crippen molar-refractivity contribution >= 4 is 23.3 Å². The molecule has 0 radical (unpaired) electrons. The van der Waals surface area contributed by atoms with Gasteiger partial charge in [-0.25, -0.2) is 0 Å². The summed E-state index contributed by atoms with van der Waals surface area (Å²) in [6.45, 7) is -0.0579. The first-order chi connectivity index (χ1) is 8.00. The van der Waals surface area contributed by atoms with Gasteiger partial charge in [0.25, 0.3) is 11.7 Å². The van der Waals surface area contributed by atoms with Gasteiger partial charge in [-0.3, -0.25) is 14.4 Å². The second kappa shape index (κ2) is 3.89. The molecule has 6 heteroatoms. The fraction of sp³-hybridized carbons (Fsp3) is 0.182. The van der Waals surface area contributed by atoms with E-state index in [1.807, 2.05) is 0 Å². The SMILES string of the molecule is O=C(O)CCN1C(=O)C(=O)c2cc(O)ccc21. The highest BCUT2D eigenvalue weighted by atomic mass is 16.4. The molecule has 2 rings (SSSR count). The molecule has 0 spiro atoms. The Balaban J connectivity index is 2.34. The number of carboxylic acid groups (broad SMARTS) is 1. The lowest BCUT2D eigenvalue weighted by atomic mass is 10.1. The minimum atomic E-state index is -1.04. The highest BCUT2D eigenvalue weighted by Gasteiger charge is 2.35. The lowest BCUT2D eigenvalue weighted by Gasteiger charge is -2.14. The molecule has 0 atom stereocenters. The Morgan fingerprint density at radius 3 is 2.65 bits per heavy atom. The standard InChI is InChI=1S/C11H9NO5/c13-6-1-2-8-7(5-6)10(16)11(17)12(8)4-3-9(14)15/h1-2,5,13H,3-4H2,(H,14,15). The molecule has 17 heavy (non-hydrogen) atoms. The number of phenolic OH excluding ortho intramolecular Hbond substituents is 1. The maximum absolute atomic E-state index is 11.6. The number of fused-ring (bicyclic) bond motifs is 1. The zero-order valence-electron chi connectivity index (χ0n) is 8.71. The summed E-state index contributed by atoms with van der Waals surface area (Å²) < 4.78 is 0. The van der Waals surface area contributed by atoms with Gasteiger partial charge in [0, 0.05) is 6.54 Å². The third kappa shape index (κ3) is 1.84. The number of anilines is 1. The van der Waals surface area contributed by atoms with E-state index < -0.39 is 17.7 Å². The van der Waals surface area contributed by atoms with Crippen molar-refractivity contribution in [1.82, 2.24) is 0 Å². The van der Waals surface area contributed by atoms with Gasteiger partial charge in [-0.1, -0.05) is 0 Å². The normalized spacial score (nSPS) is 14.0. The molecular weight excluding hydrogens is 226 g/mol. The van der Waals surface area contributed by atoms with Crippen LogP contribution in [0.5, 0.6) is 5.75 Å². The smallest absolute Gasteiger partial charge is 0.305 e. The van der Waals surface area contributed by atoms with Crippen LogP contribution in [0.25, 0.3) is 0 Å². The molecule has 1 aliphatic rings. The number of carbonyl (C=O) groups excluding carboxylic acids is 2. The highest BCUT2D eigenvalue weighted by molar-refractivity contribution is 6.52. The van der Waals surface area contributed by atoms with Gasteiger partial charge in [-0.2, -0.15) is 0 Å². The quantitative estimate of drug-likeness (QED) is 0.739. The Kier molecular flexibility index (Phi) is 2.55. The Labute approximate surface area is 96.1 Å². The van der Waals surface area contributed by atoms with Gasteiger partial charge >= 0.3 is 5.97 Å². The number of carboxylic acids is 1. The van der Waals surface area contributed by atoms with Gasteiger partial charge < -0.3 is 15.1 Å². The lowest BCUT2D eigenvalue weighted by molar-refractivity contribution is -0.136. The molecule has 0 saturated heterocycles. The van der Waals surface area contributed by atoms with Crippen LogP contribution in [-0.2, 0) is 9.59 Å². The number of rotatable bonds is 3. The van der Waals surface area contributed by atoms with Crippen LogP contribution in [0, 0.1) is 0 Å². The van der Waals surface area contributed by atoms with Crippen molar-refractivity contribution in [3.05, 3.63) is 23.8 Å². The summed E-state index contributed by atoms with van der Waals surface area (Å²) in [7, 11) is 0. The summed E-state index contributed by atoms with van der Waals surface area (Å²) in [5.41, 5.74) is 0.458. The summed E-state index contributed by atoms with van der Waals surface area (Å²) in [5, 5.41) is 17.8. The van der Waals surface area contributed by atoms with Crippen LogP contribution in [0.1, 0.15) is 16.8 Å². The van der Waals surface area contributed by atoms with E-state index in [0.717, 1.165) is 4.90 Å². The number of phenols is 1. The number of aliphatic carboxylic acids is 1. The monoisotopic (exact) mass is 235 g/mol. The molecule has 2 N–H and O–H groups in total. The van der Waals surface area contributed by atoms with Crippen LogP contribution in [0.2, 0.25) is 0 Å². The van der Waals surface area contributed by atoms with Crippen LogP contribution < -0.4 is 4.90 Å². The fourth-order valence-electron chi connectivity index (χ4n) is 1.72. The van der Waals surface area contributed by atoms with Gasteiger partial charge in [-0.05, 0) is 18.2 Å². The zero-order chi connectivity index (χ0) is 12.6. The first-order valence-corrected chi connectivity index (χ1v) is 4.91. The molecule has 1 aliphatic heterocycles. The molecule has 6 nitrogen and oxygen atoms in total. The highest BCUT2D eigenvalue weighted by Crippen LogP contribution is 2.31. The molecule has 0 bridgehead atoms. The van der Waals surface area contributed by atoms with Gasteiger partial charge in [0.2, 0.25) is 0 Å². The molecule has 0 fully saturated rings. The van der Waals surface area contributed by atoms with E-state index >= 15 is 0 Å². The van der Waals surface area contributed by atoms with E-state index in [0.29, 0.717) is 5.69 Å². The molecule has 0 unspecified atom stereocenters. The van der Waals surface area contributed by atoms with E-state index in [1.165, 1.54) is 18.2 Å². The average Bonchev–Trinajstić information content (AvgIpc) is 2.50. The molecule has 1 aromatic carbocycles. The number of aromatic hydroxyl groups is 1.